The van der Waals surface area contributed by atoms with E-state index in [1.54, 1.807) is 0 Å². The van der Waals surface area contributed by atoms with Crippen LogP contribution in [0.1, 0.15) is 287 Å². The van der Waals surface area contributed by atoms with Crippen molar-refractivity contribution in [3.8, 4) is 0 Å². The van der Waals surface area contributed by atoms with Gasteiger partial charge in [0.2, 0.25) is 0 Å². The molecule has 0 saturated carbocycles. The van der Waals surface area contributed by atoms with Crippen LogP contribution in [0.5, 0.6) is 0 Å². The summed E-state index contributed by atoms with van der Waals surface area (Å²) in [5, 5.41) is 0. The third kappa shape index (κ3) is 37.4. The fourth-order valence-electron chi connectivity index (χ4n) is 8.01. The van der Waals surface area contributed by atoms with Crippen LogP contribution in [0.15, 0.2) is 23.0 Å². The second-order valence-corrected chi connectivity index (χ2v) is 18.3. The molecular weight excluding hydrogens is 785 g/mol. The van der Waals surface area contributed by atoms with Crippen LogP contribution in [0.25, 0.3) is 0 Å². The van der Waals surface area contributed by atoms with E-state index in [0.717, 1.165) is 139 Å². The van der Waals surface area contributed by atoms with E-state index >= 15 is 0 Å². The van der Waals surface area contributed by atoms with Crippen molar-refractivity contribution in [1.29, 1.82) is 0 Å². The van der Waals surface area contributed by atoms with Gasteiger partial charge < -0.3 is 33.2 Å². The highest BCUT2D eigenvalue weighted by Gasteiger charge is 2.25. The van der Waals surface area contributed by atoms with Crippen LogP contribution in [0.4, 0.5) is 0 Å². The lowest BCUT2D eigenvalue weighted by molar-refractivity contribution is -0.167. The molecule has 0 bridgehead atoms. The minimum absolute atomic E-state index is 0.132. The summed E-state index contributed by atoms with van der Waals surface area (Å²) in [4.78, 5) is 0. The average Bonchev–Trinajstić information content (AvgIpc) is 3.29. The molecule has 2 unspecified atom stereocenters. The first-order chi connectivity index (χ1) is 31.1. The largest absolute Gasteiger partial charge is 0.494 e. The minimum Gasteiger partial charge on any atom is -0.494 e. The summed E-state index contributed by atoms with van der Waals surface area (Å²) in [6.45, 7) is 21.2. The molecule has 0 aliphatic carbocycles. The van der Waals surface area contributed by atoms with E-state index in [1.807, 2.05) is 0 Å². The fraction of sp³-hybridized carbons (Fsp3) is 0.929. The van der Waals surface area contributed by atoms with Crippen molar-refractivity contribution in [2.45, 2.75) is 299 Å². The Morgan fingerprint density at radius 2 is 0.556 bits per heavy atom. The quantitative estimate of drug-likeness (QED) is 0.0342. The van der Waals surface area contributed by atoms with Crippen LogP contribution in [0.3, 0.4) is 0 Å². The molecular formula is C56H110O7. The summed E-state index contributed by atoms with van der Waals surface area (Å²) >= 11 is 0. The average molecular weight is 895 g/mol. The van der Waals surface area contributed by atoms with Gasteiger partial charge in [-0.3, -0.25) is 0 Å². The molecule has 0 amide bonds. The Hall–Kier alpha value is -1.44. The maximum absolute atomic E-state index is 6.74. The highest BCUT2D eigenvalue weighted by molar-refractivity contribution is 5.09. The first-order valence-corrected chi connectivity index (χ1v) is 27.9. The number of unbranched alkanes of at least 4 members (excludes halogenated alkanes) is 24. The Morgan fingerprint density at radius 3 is 0.857 bits per heavy atom. The van der Waals surface area contributed by atoms with E-state index in [9.17, 15) is 0 Å². The standard InChI is InChI=1S/C56H110O7/c1-9-17-23-27-31-37-45-58-51(41-15-7)55(60-47-39-33-29-25-19-11-3)53(43-35-21-13-5)62-49-57-50-63-54(44-36-22-14-6)56(61-48-40-34-30-26-20-12-4)52(42-16-8)59-46-38-32-28-24-18-10-2/h53-54H,9-50H2,1-8H3. The molecule has 2 atom stereocenters. The monoisotopic (exact) mass is 895 g/mol. The lowest BCUT2D eigenvalue weighted by Crippen LogP contribution is -2.25. The molecule has 0 aromatic heterocycles. The Morgan fingerprint density at radius 1 is 0.286 bits per heavy atom. The second kappa shape index (κ2) is 50.0. The van der Waals surface area contributed by atoms with Crippen LogP contribution in [-0.2, 0) is 33.2 Å². The Bertz CT molecular complexity index is 905. The van der Waals surface area contributed by atoms with Gasteiger partial charge in [0.1, 0.15) is 23.7 Å². The van der Waals surface area contributed by atoms with Crippen LogP contribution in [0.2, 0.25) is 0 Å². The number of ether oxygens (including phenoxy) is 7. The summed E-state index contributed by atoms with van der Waals surface area (Å²) < 4.78 is 46.3. The molecule has 7 heteroatoms. The number of allylic oxidation sites excluding steroid dienone is 2. The summed E-state index contributed by atoms with van der Waals surface area (Å²) in [5.74, 6) is 3.75. The molecule has 0 N–H and O–H groups in total. The Balaban J connectivity index is 6.20. The predicted molar refractivity (Wildman–Crippen MR) is 270 cm³/mol. The molecule has 7 nitrogen and oxygen atoms in total. The van der Waals surface area contributed by atoms with E-state index in [0.29, 0.717) is 13.2 Å². The molecule has 0 aromatic carbocycles. The molecule has 0 aromatic rings. The zero-order chi connectivity index (χ0) is 46.1. The van der Waals surface area contributed by atoms with E-state index in [-0.39, 0.29) is 25.8 Å². The number of hydrogen-bond donors (Lipinski definition) is 0. The third-order valence-electron chi connectivity index (χ3n) is 12.0. The molecule has 0 rings (SSSR count). The van der Waals surface area contributed by atoms with Crippen molar-refractivity contribution in [2.24, 2.45) is 0 Å². The van der Waals surface area contributed by atoms with Crippen LogP contribution in [0, 0.1) is 0 Å². The van der Waals surface area contributed by atoms with Gasteiger partial charge in [-0.15, -0.1) is 0 Å². The van der Waals surface area contributed by atoms with E-state index in [1.165, 1.54) is 128 Å². The van der Waals surface area contributed by atoms with Crippen LogP contribution in [-0.4, -0.2) is 52.2 Å². The second-order valence-electron chi connectivity index (χ2n) is 18.3. The topological polar surface area (TPSA) is 64.6 Å². The number of hydrogen-bond acceptors (Lipinski definition) is 7. The molecule has 0 radical (unpaired) electrons. The first-order valence-electron chi connectivity index (χ1n) is 27.9. The highest BCUT2D eigenvalue weighted by atomic mass is 16.7. The maximum atomic E-state index is 6.74. The Labute approximate surface area is 393 Å². The molecule has 0 aliphatic rings. The van der Waals surface area contributed by atoms with Crippen molar-refractivity contribution >= 4 is 0 Å². The van der Waals surface area contributed by atoms with Gasteiger partial charge in [-0.1, -0.05) is 222 Å². The van der Waals surface area contributed by atoms with Gasteiger partial charge >= 0.3 is 0 Å². The Kier molecular flexibility index (Phi) is 48.8. The molecule has 0 heterocycles. The van der Waals surface area contributed by atoms with Crippen molar-refractivity contribution < 1.29 is 33.2 Å². The summed E-state index contributed by atoms with van der Waals surface area (Å²) in [6, 6.07) is 0. The van der Waals surface area contributed by atoms with Crippen molar-refractivity contribution in [2.75, 3.05) is 40.0 Å². The normalized spacial score (nSPS) is 13.5. The van der Waals surface area contributed by atoms with Crippen LogP contribution < -0.4 is 0 Å². The zero-order valence-corrected chi connectivity index (χ0v) is 43.7. The van der Waals surface area contributed by atoms with Gasteiger partial charge in [0.05, 0.1) is 26.4 Å². The lowest BCUT2D eigenvalue weighted by atomic mass is 10.1. The van der Waals surface area contributed by atoms with Crippen LogP contribution >= 0.6 is 0 Å². The maximum Gasteiger partial charge on any atom is 0.162 e. The lowest BCUT2D eigenvalue weighted by Gasteiger charge is -2.26. The molecule has 0 fully saturated rings. The SMILES string of the molecule is CCCCCCCCOC(CCC)=C(OCCCCCCCC)C(CCCCC)OCOCOC(CCCCC)C(OCCCCCCCC)=C(CCC)OCCCCCCCC. The highest BCUT2D eigenvalue weighted by Crippen LogP contribution is 2.27. The number of rotatable bonds is 52. The summed E-state index contributed by atoms with van der Waals surface area (Å²) in [5.41, 5.74) is 0. The van der Waals surface area contributed by atoms with Gasteiger partial charge in [0.25, 0.3) is 0 Å². The van der Waals surface area contributed by atoms with Gasteiger partial charge in [-0.05, 0) is 51.4 Å². The van der Waals surface area contributed by atoms with E-state index < -0.39 is 0 Å². The van der Waals surface area contributed by atoms with Crippen molar-refractivity contribution in [3.05, 3.63) is 23.0 Å². The molecule has 63 heavy (non-hydrogen) atoms. The van der Waals surface area contributed by atoms with E-state index in [4.69, 9.17) is 33.2 Å². The summed E-state index contributed by atoms with van der Waals surface area (Å²) in [7, 11) is 0. The predicted octanol–water partition coefficient (Wildman–Crippen LogP) is 18.4. The zero-order valence-electron chi connectivity index (χ0n) is 43.7. The molecule has 0 saturated heterocycles. The summed E-state index contributed by atoms with van der Waals surface area (Å²) in [6.07, 6.45) is 41.5. The smallest absolute Gasteiger partial charge is 0.162 e. The van der Waals surface area contributed by atoms with E-state index in [2.05, 4.69) is 55.4 Å². The van der Waals surface area contributed by atoms with Gasteiger partial charge in [-0.2, -0.15) is 0 Å². The first kappa shape index (κ1) is 61.6. The molecule has 376 valence electrons. The molecule has 0 spiro atoms. The molecule has 0 aliphatic heterocycles. The van der Waals surface area contributed by atoms with Gasteiger partial charge in [-0.25, -0.2) is 0 Å². The van der Waals surface area contributed by atoms with Gasteiger partial charge in [0.15, 0.2) is 25.1 Å². The van der Waals surface area contributed by atoms with Gasteiger partial charge in [0, 0.05) is 12.8 Å². The minimum atomic E-state index is -0.217. The fourth-order valence-corrected chi connectivity index (χ4v) is 8.01. The third-order valence-corrected chi connectivity index (χ3v) is 12.0. The van der Waals surface area contributed by atoms with Crippen molar-refractivity contribution in [1.82, 2.24) is 0 Å². The van der Waals surface area contributed by atoms with Crippen molar-refractivity contribution in [3.63, 3.8) is 0 Å².